The van der Waals surface area contributed by atoms with Crippen LogP contribution in [-0.4, -0.2) is 52.5 Å². The lowest BCUT2D eigenvalue weighted by Crippen LogP contribution is -2.45. The van der Waals surface area contributed by atoms with E-state index in [0.29, 0.717) is 13.1 Å². The minimum Gasteiger partial charge on any atom is -0.361 e. The van der Waals surface area contributed by atoms with Gasteiger partial charge in [-0.15, -0.1) is 0 Å². The number of rotatable bonds is 5. The Balaban J connectivity index is 1.34. The van der Waals surface area contributed by atoms with Crippen molar-refractivity contribution in [3.8, 4) is 0 Å². The lowest BCUT2D eigenvalue weighted by Gasteiger charge is -2.24. The third-order valence-electron chi connectivity index (χ3n) is 6.24. The fourth-order valence-corrected chi connectivity index (χ4v) is 5.04. The molecule has 6 nitrogen and oxygen atoms in total. The molecule has 0 radical (unpaired) electrons. The van der Waals surface area contributed by atoms with Gasteiger partial charge in [-0.05, 0) is 31.9 Å². The number of likely N-dealkylation sites (tertiary alicyclic amines) is 1. The molecule has 2 amide bonds. The highest BCUT2D eigenvalue weighted by Crippen LogP contribution is 2.51. The number of carbonyl (C=O) groups excluding carboxylic acids is 2. The van der Waals surface area contributed by atoms with Crippen LogP contribution in [0.5, 0.6) is 0 Å². The van der Waals surface area contributed by atoms with Gasteiger partial charge in [0.2, 0.25) is 11.8 Å². The van der Waals surface area contributed by atoms with Gasteiger partial charge in [-0.3, -0.25) is 9.59 Å². The zero-order valence-electron chi connectivity index (χ0n) is 16.1. The number of ether oxygens (including phenoxy) is 1. The van der Waals surface area contributed by atoms with Gasteiger partial charge >= 0.3 is 0 Å². The number of hydrogen-bond donors (Lipinski definition) is 2. The molecule has 0 saturated carbocycles. The SMILES string of the molecule is CC(C)NC(=O)[C@H]1[C@@H]2C=C[C@@]3(CN(CCc4c[nH]c5ccccc45)C(=O)[C@@H]13)O2. The first kappa shape index (κ1) is 17.5. The minimum atomic E-state index is -0.638. The number of aromatic amines is 1. The van der Waals surface area contributed by atoms with E-state index < -0.39 is 17.4 Å². The van der Waals surface area contributed by atoms with Crippen molar-refractivity contribution in [1.82, 2.24) is 15.2 Å². The number of benzene rings is 1. The van der Waals surface area contributed by atoms with Crippen molar-refractivity contribution in [2.75, 3.05) is 13.1 Å². The monoisotopic (exact) mass is 379 g/mol. The second-order valence-electron chi connectivity index (χ2n) is 8.43. The highest BCUT2D eigenvalue weighted by atomic mass is 16.5. The molecule has 2 aromatic rings. The van der Waals surface area contributed by atoms with E-state index in [1.807, 2.05) is 49.2 Å². The first-order valence-electron chi connectivity index (χ1n) is 10.00. The molecule has 28 heavy (non-hydrogen) atoms. The summed E-state index contributed by atoms with van der Waals surface area (Å²) in [7, 11) is 0. The number of fused-ring (bicyclic) bond motifs is 2. The molecule has 4 heterocycles. The second-order valence-corrected chi connectivity index (χ2v) is 8.43. The number of carbonyl (C=O) groups is 2. The first-order chi connectivity index (χ1) is 13.5. The number of H-pyrrole nitrogens is 1. The quantitative estimate of drug-likeness (QED) is 0.781. The number of hydrogen-bond acceptors (Lipinski definition) is 3. The number of amides is 2. The van der Waals surface area contributed by atoms with Crippen molar-refractivity contribution < 1.29 is 14.3 Å². The van der Waals surface area contributed by atoms with E-state index >= 15 is 0 Å². The fourth-order valence-electron chi connectivity index (χ4n) is 5.04. The average molecular weight is 379 g/mol. The van der Waals surface area contributed by atoms with Gasteiger partial charge in [0.15, 0.2) is 0 Å². The Morgan fingerprint density at radius 3 is 3.04 bits per heavy atom. The summed E-state index contributed by atoms with van der Waals surface area (Å²) in [4.78, 5) is 31.1. The van der Waals surface area contributed by atoms with E-state index in [9.17, 15) is 9.59 Å². The van der Waals surface area contributed by atoms with Crippen LogP contribution in [0.4, 0.5) is 0 Å². The highest BCUT2D eigenvalue weighted by molar-refractivity contribution is 5.93. The van der Waals surface area contributed by atoms with Crippen LogP contribution in [0.2, 0.25) is 0 Å². The Bertz CT molecular complexity index is 978. The molecule has 1 aromatic heterocycles. The van der Waals surface area contributed by atoms with Crippen LogP contribution in [0.3, 0.4) is 0 Å². The molecule has 2 fully saturated rings. The van der Waals surface area contributed by atoms with E-state index in [-0.39, 0.29) is 24.0 Å². The number of para-hydroxylation sites is 1. The lowest BCUT2D eigenvalue weighted by molar-refractivity contribution is -0.137. The maximum absolute atomic E-state index is 13.2. The molecule has 2 N–H and O–H groups in total. The molecule has 5 rings (SSSR count). The largest absolute Gasteiger partial charge is 0.361 e. The van der Waals surface area contributed by atoms with Gasteiger partial charge in [0.25, 0.3) is 0 Å². The third kappa shape index (κ3) is 2.51. The number of aromatic nitrogens is 1. The topological polar surface area (TPSA) is 74.4 Å². The first-order valence-corrected chi connectivity index (χ1v) is 10.00. The van der Waals surface area contributed by atoms with E-state index in [2.05, 4.69) is 22.4 Å². The molecule has 6 heteroatoms. The van der Waals surface area contributed by atoms with Crippen molar-refractivity contribution in [1.29, 1.82) is 0 Å². The Kier molecular flexibility index (Phi) is 3.88. The van der Waals surface area contributed by atoms with Crippen molar-refractivity contribution in [2.45, 2.75) is 38.0 Å². The van der Waals surface area contributed by atoms with E-state index in [1.165, 1.54) is 10.9 Å². The predicted molar refractivity (Wildman–Crippen MR) is 106 cm³/mol. The summed E-state index contributed by atoms with van der Waals surface area (Å²) in [6, 6.07) is 8.23. The van der Waals surface area contributed by atoms with Gasteiger partial charge in [0.05, 0.1) is 24.5 Å². The van der Waals surface area contributed by atoms with E-state index in [1.54, 1.807) is 0 Å². The van der Waals surface area contributed by atoms with Crippen LogP contribution in [0.25, 0.3) is 10.9 Å². The summed E-state index contributed by atoms with van der Waals surface area (Å²) in [6.07, 6.45) is 6.46. The number of nitrogens with one attached hydrogen (secondary N) is 2. The van der Waals surface area contributed by atoms with Gasteiger partial charge in [-0.2, -0.15) is 0 Å². The van der Waals surface area contributed by atoms with E-state index in [0.717, 1.165) is 11.9 Å². The van der Waals surface area contributed by atoms with Crippen LogP contribution >= 0.6 is 0 Å². The van der Waals surface area contributed by atoms with Crippen molar-refractivity contribution in [3.05, 3.63) is 48.2 Å². The van der Waals surface area contributed by atoms with Gasteiger partial charge < -0.3 is 19.9 Å². The normalized spacial score (nSPS) is 30.6. The predicted octanol–water partition coefficient (Wildman–Crippen LogP) is 2.02. The van der Waals surface area contributed by atoms with Gasteiger partial charge in [-0.25, -0.2) is 0 Å². The van der Waals surface area contributed by atoms with Crippen molar-refractivity contribution in [3.63, 3.8) is 0 Å². The van der Waals surface area contributed by atoms with Crippen molar-refractivity contribution >= 4 is 22.7 Å². The smallest absolute Gasteiger partial charge is 0.230 e. The molecule has 2 bridgehead atoms. The Morgan fingerprint density at radius 2 is 2.21 bits per heavy atom. The highest BCUT2D eigenvalue weighted by Gasteiger charge is 2.66. The molecule has 3 aliphatic heterocycles. The standard InChI is InChI=1S/C22H25N3O3/c1-13(2)24-20(26)18-17-7-9-22(28-17)12-25(21(27)19(18)22)10-8-14-11-23-16-6-4-3-5-15(14)16/h3-7,9,11,13,17-19,23H,8,10,12H2,1-2H3,(H,24,26)/t17-,18-,19+,22-/m0/s1. The molecule has 0 unspecified atom stereocenters. The van der Waals surface area contributed by atoms with Crippen LogP contribution in [0, 0.1) is 11.8 Å². The number of nitrogens with zero attached hydrogens (tertiary/aromatic N) is 1. The lowest BCUT2D eigenvalue weighted by atomic mass is 9.76. The van der Waals surface area contributed by atoms with Crippen molar-refractivity contribution in [2.24, 2.45) is 11.8 Å². The fraction of sp³-hybridized carbons (Fsp3) is 0.455. The summed E-state index contributed by atoms with van der Waals surface area (Å²) < 4.78 is 6.17. The minimum absolute atomic E-state index is 0.0376. The summed E-state index contributed by atoms with van der Waals surface area (Å²) in [6.45, 7) is 5.01. The Labute approximate surface area is 163 Å². The molecule has 2 saturated heterocycles. The Hall–Kier alpha value is -2.60. The van der Waals surface area contributed by atoms with Gasteiger partial charge in [-0.1, -0.05) is 30.4 Å². The second kappa shape index (κ2) is 6.21. The average Bonchev–Trinajstić information content (AvgIpc) is 3.39. The Morgan fingerprint density at radius 1 is 1.39 bits per heavy atom. The van der Waals surface area contributed by atoms with E-state index in [4.69, 9.17) is 4.74 Å². The third-order valence-corrected chi connectivity index (χ3v) is 6.24. The maximum atomic E-state index is 13.2. The molecule has 3 aliphatic rings. The molecule has 1 spiro atoms. The molecule has 0 aliphatic carbocycles. The molecule has 146 valence electrons. The molecular formula is C22H25N3O3. The molecule has 1 aromatic carbocycles. The molecule has 4 atom stereocenters. The van der Waals surface area contributed by atoms with Gasteiger partial charge in [0.1, 0.15) is 5.60 Å². The summed E-state index contributed by atoms with van der Waals surface area (Å²) in [5.74, 6) is -0.888. The maximum Gasteiger partial charge on any atom is 0.230 e. The zero-order chi connectivity index (χ0) is 19.5. The summed E-state index contributed by atoms with van der Waals surface area (Å²) in [5, 5.41) is 4.15. The van der Waals surface area contributed by atoms with Crippen LogP contribution in [0.15, 0.2) is 42.6 Å². The zero-order valence-corrected chi connectivity index (χ0v) is 16.1. The van der Waals surface area contributed by atoms with Crippen LogP contribution in [0.1, 0.15) is 19.4 Å². The summed E-state index contributed by atoms with van der Waals surface area (Å²) >= 11 is 0. The van der Waals surface area contributed by atoms with Gasteiger partial charge in [0, 0.05) is 29.7 Å². The summed E-state index contributed by atoms with van der Waals surface area (Å²) in [5.41, 5.74) is 1.67. The molecular weight excluding hydrogens is 354 g/mol. The van der Waals surface area contributed by atoms with Crippen LogP contribution < -0.4 is 5.32 Å². The van der Waals surface area contributed by atoms with Crippen LogP contribution in [-0.2, 0) is 20.7 Å².